The zero-order chi connectivity index (χ0) is 15.3. The van der Waals surface area contributed by atoms with E-state index in [2.05, 4.69) is 42.0 Å². The molecule has 1 rings (SSSR count). The number of benzene rings is 1. The number of halogens is 1. The number of amides is 1. The lowest BCUT2D eigenvalue weighted by Gasteiger charge is -2.22. The first-order chi connectivity index (χ1) is 9.21. The minimum absolute atomic E-state index is 0.0873. The Balaban J connectivity index is 2.62. The lowest BCUT2D eigenvalue weighted by molar-refractivity contribution is -0.116. The maximum absolute atomic E-state index is 12.0. The molecule has 112 valence electrons. The highest BCUT2D eigenvalue weighted by Gasteiger charge is 2.18. The second-order valence-electron chi connectivity index (χ2n) is 6.12. The van der Waals surface area contributed by atoms with E-state index in [0.29, 0.717) is 17.9 Å². The summed E-state index contributed by atoms with van der Waals surface area (Å²) in [5.74, 6) is 0.609. The van der Waals surface area contributed by atoms with Crippen LogP contribution in [-0.4, -0.2) is 19.1 Å². The molecule has 0 saturated heterocycles. The molecule has 0 fully saturated rings. The van der Waals surface area contributed by atoms with Crippen LogP contribution in [0.4, 0.5) is 5.69 Å². The Morgan fingerprint density at radius 2 is 2.10 bits per heavy atom. The quantitative estimate of drug-likeness (QED) is 0.859. The third kappa shape index (κ3) is 5.92. The average Bonchev–Trinajstić information content (AvgIpc) is 2.29. The van der Waals surface area contributed by atoms with Crippen LogP contribution in [0.1, 0.15) is 33.6 Å². The maximum Gasteiger partial charge on any atom is 0.225 e. The monoisotopic (exact) mass is 342 g/mol. The smallest absolute Gasteiger partial charge is 0.225 e. The summed E-state index contributed by atoms with van der Waals surface area (Å²) in [7, 11) is 1.59. The molecule has 4 nitrogen and oxygen atoms in total. The predicted molar refractivity (Wildman–Crippen MR) is 86.0 cm³/mol. The molecule has 0 spiro atoms. The van der Waals surface area contributed by atoms with Crippen molar-refractivity contribution < 1.29 is 9.53 Å². The lowest BCUT2D eigenvalue weighted by Crippen LogP contribution is -2.31. The summed E-state index contributed by atoms with van der Waals surface area (Å²) in [6.07, 6.45) is 1.11. The zero-order valence-electron chi connectivity index (χ0n) is 12.5. The first-order valence-corrected chi connectivity index (χ1v) is 7.39. The Labute approximate surface area is 129 Å². The van der Waals surface area contributed by atoms with Crippen molar-refractivity contribution in [2.24, 2.45) is 11.1 Å². The average molecular weight is 343 g/mol. The second kappa shape index (κ2) is 7.09. The number of carbonyl (C=O) groups is 1. The molecule has 0 heterocycles. The first kappa shape index (κ1) is 17.0. The summed E-state index contributed by atoms with van der Waals surface area (Å²) in [4.78, 5) is 12.0. The van der Waals surface area contributed by atoms with Crippen LogP contribution in [0.15, 0.2) is 22.7 Å². The summed E-state index contributed by atoms with van der Waals surface area (Å²) in [5.41, 5.74) is 6.82. The fraction of sp³-hybridized carbons (Fsp3) is 0.533. The number of rotatable bonds is 5. The molecule has 0 aliphatic heterocycles. The van der Waals surface area contributed by atoms with Crippen LogP contribution < -0.4 is 15.8 Å². The van der Waals surface area contributed by atoms with E-state index in [-0.39, 0.29) is 17.4 Å². The van der Waals surface area contributed by atoms with E-state index in [1.54, 1.807) is 13.2 Å². The Morgan fingerprint density at radius 1 is 1.45 bits per heavy atom. The van der Waals surface area contributed by atoms with Crippen LogP contribution >= 0.6 is 15.9 Å². The van der Waals surface area contributed by atoms with Gasteiger partial charge in [0.05, 0.1) is 12.8 Å². The number of nitrogens with one attached hydrogen (secondary N) is 1. The molecule has 1 unspecified atom stereocenters. The van der Waals surface area contributed by atoms with Crippen LogP contribution in [0.2, 0.25) is 0 Å². The van der Waals surface area contributed by atoms with Gasteiger partial charge in [-0.3, -0.25) is 4.79 Å². The number of hydrogen-bond acceptors (Lipinski definition) is 3. The molecule has 0 aromatic heterocycles. The largest absolute Gasteiger partial charge is 0.497 e. The molecule has 1 aromatic carbocycles. The van der Waals surface area contributed by atoms with E-state index in [0.717, 1.165) is 10.9 Å². The molecule has 0 bridgehead atoms. The van der Waals surface area contributed by atoms with Gasteiger partial charge in [-0.15, -0.1) is 0 Å². The maximum atomic E-state index is 12.0. The van der Waals surface area contributed by atoms with Crippen LogP contribution in [0.25, 0.3) is 0 Å². The number of carbonyl (C=O) groups excluding carboxylic acids is 1. The predicted octanol–water partition coefficient (Wildman–Crippen LogP) is 3.55. The van der Waals surface area contributed by atoms with Gasteiger partial charge in [0.1, 0.15) is 5.75 Å². The van der Waals surface area contributed by atoms with Crippen LogP contribution in [0, 0.1) is 5.41 Å². The summed E-state index contributed by atoms with van der Waals surface area (Å²) >= 11 is 3.40. The minimum atomic E-state index is -0.139. The van der Waals surface area contributed by atoms with E-state index < -0.39 is 0 Å². The van der Waals surface area contributed by atoms with Gasteiger partial charge in [-0.25, -0.2) is 0 Å². The zero-order valence-corrected chi connectivity index (χ0v) is 14.1. The van der Waals surface area contributed by atoms with Gasteiger partial charge in [0.25, 0.3) is 0 Å². The summed E-state index contributed by atoms with van der Waals surface area (Å²) in [5, 5.41) is 2.86. The topological polar surface area (TPSA) is 64.3 Å². The summed E-state index contributed by atoms with van der Waals surface area (Å²) in [6, 6.07) is 5.30. The highest BCUT2D eigenvalue weighted by Crippen LogP contribution is 2.27. The molecule has 0 saturated carbocycles. The van der Waals surface area contributed by atoms with Gasteiger partial charge in [0.15, 0.2) is 0 Å². The molecule has 5 heteroatoms. The molecule has 0 aliphatic carbocycles. The minimum Gasteiger partial charge on any atom is -0.497 e. The van der Waals surface area contributed by atoms with Gasteiger partial charge in [-0.05, 0) is 39.9 Å². The normalized spacial score (nSPS) is 12.9. The SMILES string of the molecule is COc1ccc(Br)c(NC(=O)CC(N)CC(C)(C)C)c1. The van der Waals surface area contributed by atoms with E-state index >= 15 is 0 Å². The number of anilines is 1. The van der Waals surface area contributed by atoms with Gasteiger partial charge >= 0.3 is 0 Å². The van der Waals surface area contributed by atoms with E-state index in [9.17, 15) is 4.79 Å². The van der Waals surface area contributed by atoms with Crippen LogP contribution in [0.3, 0.4) is 0 Å². The Kier molecular flexibility index (Phi) is 6.02. The number of methoxy groups -OCH3 is 1. The molecular weight excluding hydrogens is 320 g/mol. The van der Waals surface area contributed by atoms with Crippen molar-refractivity contribution in [2.45, 2.75) is 39.7 Å². The van der Waals surface area contributed by atoms with Crippen molar-refractivity contribution in [1.29, 1.82) is 0 Å². The first-order valence-electron chi connectivity index (χ1n) is 6.60. The fourth-order valence-electron chi connectivity index (χ4n) is 2.03. The van der Waals surface area contributed by atoms with E-state index in [1.165, 1.54) is 0 Å². The van der Waals surface area contributed by atoms with Gasteiger partial charge in [-0.2, -0.15) is 0 Å². The highest BCUT2D eigenvalue weighted by atomic mass is 79.9. The van der Waals surface area contributed by atoms with Gasteiger partial charge in [0, 0.05) is 23.0 Å². The van der Waals surface area contributed by atoms with Crippen LogP contribution in [0.5, 0.6) is 5.75 Å². The molecule has 1 amide bonds. The number of hydrogen-bond donors (Lipinski definition) is 2. The van der Waals surface area contributed by atoms with Gasteiger partial charge in [-0.1, -0.05) is 20.8 Å². The fourth-order valence-corrected chi connectivity index (χ4v) is 2.37. The molecule has 1 atom stereocenters. The molecule has 0 radical (unpaired) electrons. The molecule has 20 heavy (non-hydrogen) atoms. The van der Waals surface area contributed by atoms with Crippen molar-refractivity contribution in [3.8, 4) is 5.75 Å². The third-order valence-corrected chi connectivity index (χ3v) is 3.46. The lowest BCUT2D eigenvalue weighted by atomic mass is 9.87. The molecule has 1 aromatic rings. The Bertz CT molecular complexity index is 469. The highest BCUT2D eigenvalue weighted by molar-refractivity contribution is 9.10. The van der Waals surface area contributed by atoms with Crippen molar-refractivity contribution in [3.63, 3.8) is 0 Å². The standard InChI is InChI=1S/C15H23BrN2O2/c1-15(2,3)9-10(17)7-14(19)18-13-8-11(20-4)5-6-12(13)16/h5-6,8,10H,7,9,17H2,1-4H3,(H,18,19). The van der Waals surface area contributed by atoms with Crippen molar-refractivity contribution in [3.05, 3.63) is 22.7 Å². The van der Waals surface area contributed by atoms with Crippen molar-refractivity contribution in [1.82, 2.24) is 0 Å². The van der Waals surface area contributed by atoms with Crippen molar-refractivity contribution >= 4 is 27.5 Å². The molecule has 3 N–H and O–H groups in total. The molecular formula is C15H23BrN2O2. The van der Waals surface area contributed by atoms with Crippen LogP contribution in [-0.2, 0) is 4.79 Å². The summed E-state index contributed by atoms with van der Waals surface area (Å²) < 4.78 is 5.96. The molecule has 0 aliphatic rings. The van der Waals surface area contributed by atoms with E-state index in [1.807, 2.05) is 12.1 Å². The second-order valence-corrected chi connectivity index (χ2v) is 6.98. The van der Waals surface area contributed by atoms with E-state index in [4.69, 9.17) is 10.5 Å². The number of nitrogens with two attached hydrogens (primary N) is 1. The van der Waals surface area contributed by atoms with Gasteiger partial charge < -0.3 is 15.8 Å². The van der Waals surface area contributed by atoms with Gasteiger partial charge in [0.2, 0.25) is 5.91 Å². The number of ether oxygens (including phenoxy) is 1. The third-order valence-electron chi connectivity index (χ3n) is 2.77. The summed E-state index contributed by atoms with van der Waals surface area (Å²) in [6.45, 7) is 6.34. The Morgan fingerprint density at radius 3 is 2.65 bits per heavy atom. The Hall–Kier alpha value is -1.07. The van der Waals surface area contributed by atoms with Crippen molar-refractivity contribution in [2.75, 3.05) is 12.4 Å².